The van der Waals surface area contributed by atoms with Crippen LogP contribution in [0.4, 0.5) is 11.5 Å². The maximum atomic E-state index is 4.86. The fourth-order valence-corrected chi connectivity index (χ4v) is 6.31. The Morgan fingerprint density at radius 3 is 1.77 bits per heavy atom. The minimum absolute atomic E-state index is 0.0572. The standard InChI is InChI=1S/C35H34BN3/c1-25-18-19-31(30-22-26(2)21-27(3)23-30)32(24-25)38-34(28-13-7-5-8-14-28)35(29-15-9-6-10-16-29)39(36(38)4)33-17-11-12-20-37-33/h5-24,34-35H,1-4H3/t34-,35-/m0/s1. The Morgan fingerprint density at radius 1 is 0.590 bits per heavy atom. The smallest absolute Gasteiger partial charge is 0.374 e. The first kappa shape index (κ1) is 25.0. The average molecular weight is 507 g/mol. The topological polar surface area (TPSA) is 19.4 Å². The molecule has 0 spiro atoms. The number of aromatic nitrogens is 1. The highest BCUT2D eigenvalue weighted by Crippen LogP contribution is 2.51. The summed E-state index contributed by atoms with van der Waals surface area (Å²) >= 11 is 0. The summed E-state index contributed by atoms with van der Waals surface area (Å²) in [6.07, 6.45) is 1.90. The first-order chi connectivity index (χ1) is 19.0. The van der Waals surface area contributed by atoms with E-state index in [1.54, 1.807) is 0 Å². The molecule has 0 saturated carbocycles. The highest BCUT2D eigenvalue weighted by atomic mass is 15.4. The van der Waals surface area contributed by atoms with Gasteiger partial charge in [0.1, 0.15) is 5.82 Å². The van der Waals surface area contributed by atoms with E-state index in [2.05, 4.69) is 146 Å². The molecule has 4 aromatic carbocycles. The van der Waals surface area contributed by atoms with Crippen LogP contribution in [0.1, 0.15) is 39.9 Å². The molecule has 0 unspecified atom stereocenters. The molecule has 0 bridgehead atoms. The molecule has 6 rings (SSSR count). The van der Waals surface area contributed by atoms with Crippen molar-refractivity contribution in [2.75, 3.05) is 9.62 Å². The first-order valence-corrected chi connectivity index (χ1v) is 13.8. The molecule has 4 heteroatoms. The summed E-state index contributed by atoms with van der Waals surface area (Å²) in [6, 6.07) is 42.0. The van der Waals surface area contributed by atoms with Gasteiger partial charge in [-0.25, -0.2) is 4.98 Å². The molecule has 1 aliphatic rings. The van der Waals surface area contributed by atoms with Crippen molar-refractivity contribution in [1.82, 2.24) is 4.98 Å². The third kappa shape index (κ3) is 4.72. The van der Waals surface area contributed by atoms with E-state index in [9.17, 15) is 0 Å². The molecule has 0 aliphatic carbocycles. The van der Waals surface area contributed by atoms with Crippen molar-refractivity contribution in [1.29, 1.82) is 0 Å². The zero-order valence-electron chi connectivity index (χ0n) is 23.1. The molecule has 0 radical (unpaired) electrons. The van der Waals surface area contributed by atoms with Crippen LogP contribution in [0.25, 0.3) is 11.1 Å². The molecule has 5 aromatic rings. The summed E-state index contributed by atoms with van der Waals surface area (Å²) in [5.41, 5.74) is 10.2. The molecule has 1 fully saturated rings. The van der Waals surface area contributed by atoms with Gasteiger partial charge < -0.3 is 9.62 Å². The Bertz CT molecular complexity index is 1550. The van der Waals surface area contributed by atoms with Crippen LogP contribution in [0, 0.1) is 20.8 Å². The Labute approximate surface area is 232 Å². The molecule has 0 N–H and O–H groups in total. The third-order valence-electron chi connectivity index (χ3n) is 7.86. The fourth-order valence-electron chi connectivity index (χ4n) is 6.31. The lowest BCUT2D eigenvalue weighted by atomic mass is 9.75. The third-order valence-corrected chi connectivity index (χ3v) is 7.86. The van der Waals surface area contributed by atoms with Gasteiger partial charge in [0.05, 0.1) is 12.1 Å². The minimum atomic E-state index is 0.0572. The van der Waals surface area contributed by atoms with Crippen molar-refractivity contribution in [2.45, 2.75) is 39.7 Å². The molecule has 2 atom stereocenters. The zero-order chi connectivity index (χ0) is 26.9. The van der Waals surface area contributed by atoms with Gasteiger partial charge in [0, 0.05) is 17.4 Å². The Hall–Kier alpha value is -4.31. The van der Waals surface area contributed by atoms with Gasteiger partial charge in [0.15, 0.2) is 0 Å². The van der Waals surface area contributed by atoms with E-state index in [4.69, 9.17) is 4.98 Å². The summed E-state index contributed by atoms with van der Waals surface area (Å²) in [5, 5.41) is 0. The van der Waals surface area contributed by atoms with E-state index in [0.717, 1.165) is 5.82 Å². The van der Waals surface area contributed by atoms with Crippen molar-refractivity contribution in [3.8, 4) is 11.1 Å². The normalized spacial score (nSPS) is 17.1. The lowest BCUT2D eigenvalue weighted by Crippen LogP contribution is -2.42. The number of hydrogen-bond donors (Lipinski definition) is 0. The van der Waals surface area contributed by atoms with Crippen LogP contribution >= 0.6 is 0 Å². The molecule has 192 valence electrons. The van der Waals surface area contributed by atoms with Crippen LogP contribution in [0.15, 0.2) is 121 Å². The van der Waals surface area contributed by atoms with Crippen molar-refractivity contribution in [3.05, 3.63) is 149 Å². The molecule has 1 aliphatic heterocycles. The second-order valence-electron chi connectivity index (χ2n) is 10.7. The maximum absolute atomic E-state index is 4.86. The Morgan fingerprint density at radius 2 is 1.18 bits per heavy atom. The monoisotopic (exact) mass is 507 g/mol. The molecule has 39 heavy (non-hydrogen) atoms. The predicted molar refractivity (Wildman–Crippen MR) is 165 cm³/mol. The van der Waals surface area contributed by atoms with Gasteiger partial charge in [-0.3, -0.25) is 0 Å². The summed E-state index contributed by atoms with van der Waals surface area (Å²) in [7, 11) is 0. The van der Waals surface area contributed by atoms with Gasteiger partial charge in [-0.05, 0) is 68.0 Å². The van der Waals surface area contributed by atoms with Gasteiger partial charge >= 0.3 is 6.98 Å². The van der Waals surface area contributed by atoms with Crippen LogP contribution < -0.4 is 9.62 Å². The minimum Gasteiger partial charge on any atom is -0.387 e. The van der Waals surface area contributed by atoms with E-state index in [1.807, 2.05) is 12.3 Å². The predicted octanol–water partition coefficient (Wildman–Crippen LogP) is 8.60. The zero-order valence-corrected chi connectivity index (χ0v) is 23.1. The van der Waals surface area contributed by atoms with E-state index >= 15 is 0 Å². The SMILES string of the molecule is CB1N(c2ccccn2)[C@@H](c2ccccc2)[C@H](c2ccccc2)N1c1cc(C)ccc1-c1cc(C)cc(C)c1. The first-order valence-electron chi connectivity index (χ1n) is 13.8. The van der Waals surface area contributed by atoms with Crippen molar-refractivity contribution in [3.63, 3.8) is 0 Å². The number of anilines is 2. The molecular formula is C35H34BN3. The van der Waals surface area contributed by atoms with Crippen molar-refractivity contribution < 1.29 is 0 Å². The number of pyridine rings is 1. The van der Waals surface area contributed by atoms with Gasteiger partial charge in [0.2, 0.25) is 0 Å². The molecule has 1 saturated heterocycles. The molecule has 3 nitrogen and oxygen atoms in total. The lowest BCUT2D eigenvalue weighted by molar-refractivity contribution is 0.616. The highest BCUT2D eigenvalue weighted by molar-refractivity contribution is 6.67. The second kappa shape index (κ2) is 10.5. The molecular weight excluding hydrogens is 473 g/mol. The van der Waals surface area contributed by atoms with Gasteiger partial charge in [-0.1, -0.05) is 108 Å². The lowest BCUT2D eigenvalue weighted by Gasteiger charge is -2.33. The number of rotatable bonds is 5. The maximum Gasteiger partial charge on any atom is 0.374 e. The quantitative estimate of drug-likeness (QED) is 0.222. The van der Waals surface area contributed by atoms with E-state index in [0.29, 0.717) is 0 Å². The average Bonchev–Trinajstić information content (AvgIpc) is 3.26. The van der Waals surface area contributed by atoms with Gasteiger partial charge in [-0.2, -0.15) is 0 Å². The van der Waals surface area contributed by atoms with Crippen LogP contribution in [0.2, 0.25) is 6.82 Å². The fraction of sp³-hybridized carbons (Fsp3) is 0.171. The largest absolute Gasteiger partial charge is 0.387 e. The van der Waals surface area contributed by atoms with Crippen LogP contribution in [0.3, 0.4) is 0 Å². The summed E-state index contributed by atoms with van der Waals surface area (Å²) in [5.74, 6) is 0.989. The van der Waals surface area contributed by atoms with Gasteiger partial charge in [-0.15, -0.1) is 0 Å². The van der Waals surface area contributed by atoms with E-state index in [-0.39, 0.29) is 19.1 Å². The number of benzene rings is 4. The van der Waals surface area contributed by atoms with Crippen molar-refractivity contribution >= 4 is 18.5 Å². The van der Waals surface area contributed by atoms with E-state index in [1.165, 1.54) is 44.6 Å². The van der Waals surface area contributed by atoms with Crippen LogP contribution in [0.5, 0.6) is 0 Å². The Balaban J connectivity index is 1.62. The highest BCUT2D eigenvalue weighted by Gasteiger charge is 2.50. The molecule has 0 amide bonds. The number of nitrogens with zero attached hydrogens (tertiary/aromatic N) is 3. The van der Waals surface area contributed by atoms with Gasteiger partial charge in [0.25, 0.3) is 0 Å². The molecule has 1 aromatic heterocycles. The van der Waals surface area contributed by atoms with Crippen molar-refractivity contribution in [2.24, 2.45) is 0 Å². The Kier molecular flexibility index (Phi) is 6.70. The summed E-state index contributed by atoms with van der Waals surface area (Å²) in [6.45, 7) is 8.94. The van der Waals surface area contributed by atoms with Crippen LogP contribution in [-0.2, 0) is 0 Å². The molecule has 2 heterocycles. The van der Waals surface area contributed by atoms with E-state index < -0.39 is 0 Å². The number of aryl methyl sites for hydroxylation is 3. The van der Waals surface area contributed by atoms with Crippen LogP contribution in [-0.4, -0.2) is 12.0 Å². The summed E-state index contributed by atoms with van der Waals surface area (Å²) in [4.78, 5) is 9.99. The number of hydrogen-bond acceptors (Lipinski definition) is 3. The second-order valence-corrected chi connectivity index (χ2v) is 10.7. The summed E-state index contributed by atoms with van der Waals surface area (Å²) < 4.78 is 0.